The number of carbonyl (C=O) groups is 2. The number of fused-ring (bicyclic) bond motifs is 1. The van der Waals surface area contributed by atoms with E-state index in [1.54, 1.807) is 0 Å². The summed E-state index contributed by atoms with van der Waals surface area (Å²) in [5.41, 5.74) is -2.07. The number of piperidine rings is 1. The van der Waals surface area contributed by atoms with Crippen LogP contribution in [-0.2, 0) is 14.3 Å². The van der Waals surface area contributed by atoms with Gasteiger partial charge in [-0.2, -0.15) is 0 Å². The lowest BCUT2D eigenvalue weighted by Crippen LogP contribution is -2.60. The number of epoxide rings is 1. The molecule has 2 unspecified atom stereocenters. The maximum Gasteiger partial charge on any atom is 0.263 e. The Bertz CT molecular complexity index is 336. The first-order valence-corrected chi connectivity index (χ1v) is 4.77. The second-order valence-electron chi connectivity index (χ2n) is 5.09. The monoisotopic (exact) mass is 197 g/mol. The van der Waals surface area contributed by atoms with Crippen LogP contribution < -0.4 is 5.32 Å². The van der Waals surface area contributed by atoms with Crippen LogP contribution in [0.2, 0.25) is 0 Å². The molecule has 2 heterocycles. The Hall–Kier alpha value is -0.900. The number of amides is 1. The van der Waals surface area contributed by atoms with Gasteiger partial charge in [0.05, 0.1) is 0 Å². The number of rotatable bonds is 1. The molecule has 2 aliphatic heterocycles. The lowest BCUT2D eigenvalue weighted by atomic mass is 9.77. The molecule has 2 fully saturated rings. The molecule has 0 aliphatic carbocycles. The van der Waals surface area contributed by atoms with Gasteiger partial charge in [0.2, 0.25) is 5.60 Å². The predicted octanol–water partition coefficient (Wildman–Crippen LogP) is 0.402. The Kier molecular flexibility index (Phi) is 1.51. The number of hydrogen-bond donors (Lipinski definition) is 1. The summed E-state index contributed by atoms with van der Waals surface area (Å²) in [5.74, 6) is -0.489. The van der Waals surface area contributed by atoms with Crippen molar-refractivity contribution < 1.29 is 14.3 Å². The first-order chi connectivity index (χ1) is 6.24. The summed E-state index contributed by atoms with van der Waals surface area (Å²) in [6.07, 6.45) is 0.672. The van der Waals surface area contributed by atoms with Crippen LogP contribution in [0.15, 0.2) is 0 Å². The van der Waals surface area contributed by atoms with Gasteiger partial charge in [-0.05, 0) is 27.7 Å². The first-order valence-electron chi connectivity index (χ1n) is 4.77. The lowest BCUT2D eigenvalue weighted by molar-refractivity contribution is -0.136. The topological polar surface area (TPSA) is 58.7 Å². The molecule has 2 saturated heterocycles. The highest BCUT2D eigenvalue weighted by Gasteiger charge is 2.78. The molecule has 0 aromatic carbocycles. The molecule has 14 heavy (non-hydrogen) atoms. The Morgan fingerprint density at radius 2 is 2.00 bits per heavy atom. The van der Waals surface area contributed by atoms with Gasteiger partial charge in [-0.3, -0.25) is 9.59 Å². The predicted molar refractivity (Wildman–Crippen MR) is 49.7 cm³/mol. The van der Waals surface area contributed by atoms with Gasteiger partial charge in [-0.15, -0.1) is 0 Å². The van der Waals surface area contributed by atoms with Crippen molar-refractivity contribution in [3.8, 4) is 0 Å². The molecule has 2 aliphatic rings. The van der Waals surface area contributed by atoms with Gasteiger partial charge in [0.15, 0.2) is 5.78 Å². The van der Waals surface area contributed by atoms with E-state index in [0.29, 0.717) is 6.42 Å². The molecule has 4 heteroatoms. The number of nitrogens with one attached hydrogen (secondary N) is 1. The molecule has 0 bridgehead atoms. The number of carbonyl (C=O) groups excluding carboxylic acids is 2. The summed E-state index contributed by atoms with van der Waals surface area (Å²) >= 11 is 0. The summed E-state index contributed by atoms with van der Waals surface area (Å²) in [5, 5.41) is 2.81. The van der Waals surface area contributed by atoms with Gasteiger partial charge < -0.3 is 10.1 Å². The molecule has 1 amide bonds. The first kappa shape index (κ1) is 9.65. The van der Waals surface area contributed by atoms with Gasteiger partial charge in [-0.25, -0.2) is 0 Å². The Labute approximate surface area is 83.0 Å². The third-order valence-electron chi connectivity index (χ3n) is 3.13. The zero-order valence-electron chi connectivity index (χ0n) is 8.93. The van der Waals surface area contributed by atoms with Crippen LogP contribution in [0.25, 0.3) is 0 Å². The molecule has 2 rings (SSSR count). The van der Waals surface area contributed by atoms with E-state index in [0.717, 1.165) is 0 Å². The molecule has 4 nitrogen and oxygen atoms in total. The molecule has 0 aromatic rings. The van der Waals surface area contributed by atoms with Crippen LogP contribution in [0.5, 0.6) is 0 Å². The van der Waals surface area contributed by atoms with E-state index in [4.69, 9.17) is 4.74 Å². The summed E-state index contributed by atoms with van der Waals surface area (Å²) in [6, 6.07) is 0. The Morgan fingerprint density at radius 1 is 1.43 bits per heavy atom. The van der Waals surface area contributed by atoms with Crippen LogP contribution in [0.3, 0.4) is 0 Å². The van der Waals surface area contributed by atoms with Gasteiger partial charge in [-0.1, -0.05) is 0 Å². The van der Waals surface area contributed by atoms with Gasteiger partial charge >= 0.3 is 0 Å². The van der Waals surface area contributed by atoms with Crippen LogP contribution in [0.4, 0.5) is 0 Å². The van der Waals surface area contributed by atoms with Gasteiger partial charge in [0.1, 0.15) is 5.60 Å². The molecule has 78 valence electrons. The summed E-state index contributed by atoms with van der Waals surface area (Å²) in [4.78, 5) is 23.2. The van der Waals surface area contributed by atoms with Crippen LogP contribution >= 0.6 is 0 Å². The normalized spacial score (nSPS) is 43.9. The molecular weight excluding hydrogens is 182 g/mol. The van der Waals surface area contributed by atoms with Crippen LogP contribution in [0.1, 0.15) is 34.1 Å². The van der Waals surface area contributed by atoms with E-state index in [1.807, 2.05) is 20.8 Å². The molecule has 2 atom stereocenters. The standard InChI is InChI=1S/C10H15NO3/c1-6(12)10-7(13)11-8(2,3)5-9(10,4)14-10/h5H2,1-4H3,(H,11,13). The maximum absolute atomic E-state index is 11.8. The highest BCUT2D eigenvalue weighted by molar-refractivity contribution is 6.14. The second-order valence-corrected chi connectivity index (χ2v) is 5.09. The summed E-state index contributed by atoms with van der Waals surface area (Å²) in [7, 11) is 0. The minimum Gasteiger partial charge on any atom is -0.348 e. The average molecular weight is 197 g/mol. The third kappa shape index (κ3) is 0.919. The molecule has 0 saturated carbocycles. The van der Waals surface area contributed by atoms with Crippen LogP contribution in [-0.4, -0.2) is 28.4 Å². The molecule has 0 radical (unpaired) electrons. The average Bonchev–Trinajstić information content (AvgIpc) is 2.53. The van der Waals surface area contributed by atoms with E-state index in [1.165, 1.54) is 6.92 Å². The zero-order valence-corrected chi connectivity index (χ0v) is 8.93. The minimum atomic E-state index is -1.19. The van der Waals surface area contributed by atoms with Crippen molar-refractivity contribution in [1.29, 1.82) is 0 Å². The van der Waals surface area contributed by atoms with Crippen LogP contribution in [0, 0.1) is 0 Å². The Morgan fingerprint density at radius 3 is 2.43 bits per heavy atom. The quantitative estimate of drug-likeness (QED) is 0.489. The highest BCUT2D eigenvalue weighted by atomic mass is 16.6. The minimum absolute atomic E-state index is 0.201. The third-order valence-corrected chi connectivity index (χ3v) is 3.13. The van der Waals surface area contributed by atoms with Crippen molar-refractivity contribution in [3.05, 3.63) is 0 Å². The number of Topliss-reactive ketones (excluding diaryl/α,β-unsaturated/α-hetero) is 1. The number of ketones is 1. The van der Waals surface area contributed by atoms with Crippen molar-refractivity contribution in [2.24, 2.45) is 0 Å². The SMILES string of the molecule is CC(=O)C12OC1(C)CC(C)(C)NC2=O. The maximum atomic E-state index is 11.8. The van der Waals surface area contributed by atoms with E-state index < -0.39 is 11.2 Å². The Balaban J connectivity index is 2.37. The molecule has 0 spiro atoms. The van der Waals surface area contributed by atoms with E-state index in [9.17, 15) is 9.59 Å². The summed E-state index contributed by atoms with van der Waals surface area (Å²) < 4.78 is 5.40. The number of hydrogen-bond acceptors (Lipinski definition) is 3. The van der Waals surface area contributed by atoms with Gasteiger partial charge in [0, 0.05) is 12.0 Å². The fourth-order valence-corrected chi connectivity index (χ4v) is 2.65. The molecule has 0 aromatic heterocycles. The fourth-order valence-electron chi connectivity index (χ4n) is 2.65. The van der Waals surface area contributed by atoms with Crippen molar-refractivity contribution in [2.75, 3.05) is 0 Å². The highest BCUT2D eigenvalue weighted by Crippen LogP contribution is 2.55. The lowest BCUT2D eigenvalue weighted by Gasteiger charge is -2.34. The molecular formula is C10H15NO3. The van der Waals surface area contributed by atoms with E-state index in [2.05, 4.69) is 5.32 Å². The zero-order chi connectivity index (χ0) is 10.8. The van der Waals surface area contributed by atoms with Crippen molar-refractivity contribution in [2.45, 2.75) is 50.9 Å². The molecule has 1 N–H and O–H groups in total. The second kappa shape index (κ2) is 2.19. The van der Waals surface area contributed by atoms with E-state index >= 15 is 0 Å². The van der Waals surface area contributed by atoms with Crippen molar-refractivity contribution >= 4 is 11.7 Å². The van der Waals surface area contributed by atoms with E-state index in [-0.39, 0.29) is 17.2 Å². The largest absolute Gasteiger partial charge is 0.348 e. The number of ether oxygens (including phenoxy) is 1. The van der Waals surface area contributed by atoms with Crippen molar-refractivity contribution in [1.82, 2.24) is 5.32 Å². The van der Waals surface area contributed by atoms with Gasteiger partial charge in [0.25, 0.3) is 5.91 Å². The van der Waals surface area contributed by atoms with Crippen molar-refractivity contribution in [3.63, 3.8) is 0 Å². The summed E-state index contributed by atoms with van der Waals surface area (Å²) in [6.45, 7) is 7.10. The smallest absolute Gasteiger partial charge is 0.263 e. The fraction of sp³-hybridized carbons (Fsp3) is 0.800.